The van der Waals surface area contributed by atoms with E-state index in [0.717, 1.165) is 0 Å². The first-order valence-corrected chi connectivity index (χ1v) is 9.00. The maximum Gasteiger partial charge on any atom is 0.261 e. The van der Waals surface area contributed by atoms with Crippen molar-refractivity contribution < 1.29 is 12.8 Å². The lowest BCUT2D eigenvalue weighted by molar-refractivity contribution is 0.601. The molecule has 0 amide bonds. The first-order chi connectivity index (χ1) is 12.1. The molecular formula is C18H13N3O3S. The molecule has 1 N–H and O–H groups in total. The molecule has 124 valence electrons. The summed E-state index contributed by atoms with van der Waals surface area (Å²) in [5.41, 5.74) is 2.17. The summed E-state index contributed by atoms with van der Waals surface area (Å²) in [5, 5.41) is 0. The Morgan fingerprint density at radius 2 is 1.76 bits per heavy atom. The van der Waals surface area contributed by atoms with Crippen LogP contribution in [0.5, 0.6) is 0 Å². The van der Waals surface area contributed by atoms with Crippen LogP contribution in [-0.2, 0) is 10.0 Å². The first kappa shape index (κ1) is 15.3. The summed E-state index contributed by atoms with van der Waals surface area (Å²) in [4.78, 5) is 8.66. The van der Waals surface area contributed by atoms with Gasteiger partial charge >= 0.3 is 0 Å². The fourth-order valence-corrected chi connectivity index (χ4v) is 3.49. The smallest absolute Gasteiger partial charge is 0.261 e. The van der Waals surface area contributed by atoms with Gasteiger partial charge in [-0.2, -0.15) is 4.98 Å². The Kier molecular flexibility index (Phi) is 3.70. The average molecular weight is 351 g/mol. The number of fused-ring (bicyclic) bond motifs is 1. The van der Waals surface area contributed by atoms with E-state index in [0.29, 0.717) is 28.4 Å². The highest BCUT2D eigenvalue weighted by atomic mass is 32.2. The van der Waals surface area contributed by atoms with E-state index in [2.05, 4.69) is 14.7 Å². The van der Waals surface area contributed by atoms with E-state index in [1.165, 1.54) is 0 Å². The van der Waals surface area contributed by atoms with Crippen LogP contribution in [0.15, 0.2) is 82.2 Å². The minimum absolute atomic E-state index is 0.200. The van der Waals surface area contributed by atoms with Crippen molar-refractivity contribution in [1.29, 1.82) is 0 Å². The van der Waals surface area contributed by atoms with Gasteiger partial charge in [0, 0.05) is 17.4 Å². The van der Waals surface area contributed by atoms with Crippen LogP contribution < -0.4 is 4.72 Å². The molecule has 0 aliphatic carbocycles. The van der Waals surface area contributed by atoms with E-state index < -0.39 is 10.0 Å². The zero-order valence-electron chi connectivity index (χ0n) is 13.0. The molecule has 2 aromatic heterocycles. The number of nitrogens with zero attached hydrogens (tertiary/aromatic N) is 2. The summed E-state index contributed by atoms with van der Waals surface area (Å²) in [6.07, 6.45) is 1.64. The van der Waals surface area contributed by atoms with Gasteiger partial charge in [-0.05, 0) is 42.5 Å². The highest BCUT2D eigenvalue weighted by molar-refractivity contribution is 7.92. The summed E-state index contributed by atoms with van der Waals surface area (Å²) in [5.74, 6) is 0.384. The number of pyridine rings is 1. The summed E-state index contributed by atoms with van der Waals surface area (Å²) in [6.45, 7) is 0. The summed E-state index contributed by atoms with van der Waals surface area (Å²) < 4.78 is 33.1. The fourth-order valence-electron chi connectivity index (χ4n) is 2.42. The van der Waals surface area contributed by atoms with Gasteiger partial charge in [0.1, 0.15) is 0 Å². The van der Waals surface area contributed by atoms with Gasteiger partial charge in [-0.25, -0.2) is 13.4 Å². The molecule has 2 aromatic carbocycles. The highest BCUT2D eigenvalue weighted by Crippen LogP contribution is 2.26. The molecule has 0 aliphatic heterocycles. The molecule has 0 bridgehead atoms. The van der Waals surface area contributed by atoms with E-state index >= 15 is 0 Å². The number of sulfonamides is 1. The van der Waals surface area contributed by atoms with Crippen molar-refractivity contribution in [1.82, 2.24) is 9.97 Å². The van der Waals surface area contributed by atoms with E-state index in [-0.39, 0.29) is 4.90 Å². The van der Waals surface area contributed by atoms with Crippen molar-refractivity contribution in [3.05, 3.63) is 72.9 Å². The van der Waals surface area contributed by atoms with Crippen LogP contribution in [0.1, 0.15) is 0 Å². The van der Waals surface area contributed by atoms with Crippen molar-refractivity contribution in [3.63, 3.8) is 0 Å². The zero-order valence-corrected chi connectivity index (χ0v) is 13.8. The van der Waals surface area contributed by atoms with Gasteiger partial charge < -0.3 is 4.42 Å². The third-order valence-electron chi connectivity index (χ3n) is 3.58. The second-order valence-electron chi connectivity index (χ2n) is 5.34. The Balaban J connectivity index is 1.68. The normalized spacial score (nSPS) is 11.5. The van der Waals surface area contributed by atoms with Crippen LogP contribution in [0, 0.1) is 0 Å². The Morgan fingerprint density at radius 1 is 0.920 bits per heavy atom. The largest absolute Gasteiger partial charge is 0.434 e. The predicted molar refractivity (Wildman–Crippen MR) is 94.5 cm³/mol. The summed E-state index contributed by atoms with van der Waals surface area (Å²) in [7, 11) is -3.65. The lowest BCUT2D eigenvalue weighted by atomic mass is 10.2. The third kappa shape index (κ3) is 3.09. The standard InChI is InChI=1S/C18H13N3O3S/c22-25(23,15-8-2-1-3-9-15)21-14-7-4-6-13(12-14)18-20-17-16(24-18)10-5-11-19-17/h1-12,21H. The number of anilines is 1. The predicted octanol–water partition coefficient (Wildman–Crippen LogP) is 3.69. The van der Waals surface area contributed by atoms with Crippen LogP contribution in [0.3, 0.4) is 0 Å². The lowest BCUT2D eigenvalue weighted by Gasteiger charge is -2.08. The number of hydrogen-bond donors (Lipinski definition) is 1. The number of oxazole rings is 1. The molecule has 0 spiro atoms. The molecule has 0 unspecified atom stereocenters. The number of hydrogen-bond acceptors (Lipinski definition) is 5. The first-order valence-electron chi connectivity index (χ1n) is 7.52. The van der Waals surface area contributed by atoms with Gasteiger partial charge in [0.2, 0.25) is 5.89 Å². The maximum atomic E-state index is 12.4. The van der Waals surface area contributed by atoms with Crippen molar-refractivity contribution >= 4 is 26.9 Å². The Labute approximate surface area is 144 Å². The molecule has 0 aliphatic rings. The second kappa shape index (κ2) is 6.03. The molecule has 0 radical (unpaired) electrons. The molecule has 4 rings (SSSR count). The number of nitrogens with one attached hydrogen (secondary N) is 1. The van der Waals surface area contributed by atoms with Crippen LogP contribution in [0.25, 0.3) is 22.7 Å². The molecule has 6 nitrogen and oxygen atoms in total. The van der Waals surface area contributed by atoms with E-state index in [1.54, 1.807) is 72.9 Å². The molecule has 0 saturated heterocycles. The van der Waals surface area contributed by atoms with Gasteiger partial charge in [0.25, 0.3) is 10.0 Å². The maximum absolute atomic E-state index is 12.4. The van der Waals surface area contributed by atoms with Crippen LogP contribution in [-0.4, -0.2) is 18.4 Å². The summed E-state index contributed by atoms with van der Waals surface area (Å²) in [6, 6.07) is 18.6. The molecule has 2 heterocycles. The van der Waals surface area contributed by atoms with Crippen LogP contribution >= 0.6 is 0 Å². The Bertz CT molecular complexity index is 1110. The molecule has 25 heavy (non-hydrogen) atoms. The molecule has 0 atom stereocenters. The molecular weight excluding hydrogens is 338 g/mol. The van der Waals surface area contributed by atoms with Crippen molar-refractivity contribution in [3.8, 4) is 11.5 Å². The molecule has 0 fully saturated rings. The van der Waals surface area contributed by atoms with Crippen molar-refractivity contribution in [2.45, 2.75) is 4.90 Å². The topological polar surface area (TPSA) is 85.1 Å². The van der Waals surface area contributed by atoms with E-state index in [4.69, 9.17) is 4.42 Å². The Hall–Kier alpha value is -3.19. The second-order valence-corrected chi connectivity index (χ2v) is 7.03. The Morgan fingerprint density at radius 3 is 2.56 bits per heavy atom. The van der Waals surface area contributed by atoms with E-state index in [9.17, 15) is 8.42 Å². The van der Waals surface area contributed by atoms with E-state index in [1.807, 2.05) is 0 Å². The minimum atomic E-state index is -3.65. The van der Waals surface area contributed by atoms with Crippen LogP contribution in [0.4, 0.5) is 5.69 Å². The van der Waals surface area contributed by atoms with Crippen molar-refractivity contribution in [2.75, 3.05) is 4.72 Å². The van der Waals surface area contributed by atoms with Crippen LogP contribution in [0.2, 0.25) is 0 Å². The van der Waals surface area contributed by atoms with Gasteiger partial charge in [0.05, 0.1) is 4.90 Å². The SMILES string of the molecule is O=S(=O)(Nc1cccc(-c2nc3ncccc3o2)c1)c1ccccc1. The molecule has 7 heteroatoms. The van der Waals surface area contributed by atoms with Crippen molar-refractivity contribution in [2.24, 2.45) is 0 Å². The lowest BCUT2D eigenvalue weighted by Crippen LogP contribution is -2.12. The van der Waals surface area contributed by atoms with Gasteiger partial charge in [-0.3, -0.25) is 4.72 Å². The molecule has 0 saturated carbocycles. The average Bonchev–Trinajstić information content (AvgIpc) is 3.07. The van der Waals surface area contributed by atoms with Gasteiger partial charge in [-0.1, -0.05) is 24.3 Å². The summed E-state index contributed by atoms with van der Waals surface area (Å²) >= 11 is 0. The molecule has 4 aromatic rings. The third-order valence-corrected chi connectivity index (χ3v) is 4.98. The number of aromatic nitrogens is 2. The zero-order chi connectivity index (χ0) is 17.3. The van der Waals surface area contributed by atoms with Gasteiger partial charge in [0.15, 0.2) is 11.2 Å². The fraction of sp³-hybridized carbons (Fsp3) is 0. The monoisotopic (exact) mass is 351 g/mol. The number of rotatable bonds is 4. The highest BCUT2D eigenvalue weighted by Gasteiger charge is 2.15. The quantitative estimate of drug-likeness (QED) is 0.606. The number of benzene rings is 2. The minimum Gasteiger partial charge on any atom is -0.434 e. The van der Waals surface area contributed by atoms with Gasteiger partial charge in [-0.15, -0.1) is 0 Å².